The number of nitrogens with two attached hydrogens (primary N) is 1. The summed E-state index contributed by atoms with van der Waals surface area (Å²) < 4.78 is 0.999. The van der Waals surface area contributed by atoms with Gasteiger partial charge in [-0.15, -0.1) is 11.8 Å². The summed E-state index contributed by atoms with van der Waals surface area (Å²) in [6.07, 6.45) is 0. The predicted octanol–water partition coefficient (Wildman–Crippen LogP) is 3.37. The maximum Gasteiger partial charge on any atom is 0.247 e. The normalized spacial score (nSPS) is 13.1. The topological polar surface area (TPSA) is 72.2 Å². The van der Waals surface area contributed by atoms with E-state index in [1.807, 2.05) is 43.3 Å². The van der Waals surface area contributed by atoms with Crippen LogP contribution >= 0.6 is 27.7 Å². The molecule has 1 atom stereocenters. The van der Waals surface area contributed by atoms with Crippen molar-refractivity contribution in [1.82, 2.24) is 5.32 Å². The van der Waals surface area contributed by atoms with Gasteiger partial charge in [0.2, 0.25) is 11.8 Å². The van der Waals surface area contributed by atoms with Gasteiger partial charge < -0.3 is 11.1 Å². The first-order valence-electron chi connectivity index (χ1n) is 7.38. The molecule has 4 nitrogen and oxygen atoms in total. The zero-order chi connectivity index (χ0) is 17.7. The highest BCUT2D eigenvalue weighted by Gasteiger charge is 2.34. The van der Waals surface area contributed by atoms with E-state index in [0.717, 1.165) is 14.9 Å². The molecule has 0 bridgehead atoms. The largest absolute Gasteiger partial charge is 0.367 e. The summed E-state index contributed by atoms with van der Waals surface area (Å²) in [6.45, 7) is 3.61. The van der Waals surface area contributed by atoms with Crippen LogP contribution in [0, 0.1) is 6.92 Å². The number of hydrogen-bond donors (Lipinski definition) is 2. The van der Waals surface area contributed by atoms with E-state index >= 15 is 0 Å². The second-order valence-corrected chi connectivity index (χ2v) is 7.53. The summed E-state index contributed by atoms with van der Waals surface area (Å²) in [5, 5.41) is 2.77. The van der Waals surface area contributed by atoms with Gasteiger partial charge >= 0.3 is 0 Å². The molecule has 0 radical (unpaired) electrons. The van der Waals surface area contributed by atoms with Gasteiger partial charge in [-0.2, -0.15) is 0 Å². The minimum atomic E-state index is -1.23. The molecule has 0 saturated heterocycles. The van der Waals surface area contributed by atoms with Crippen molar-refractivity contribution in [2.45, 2.75) is 24.3 Å². The number of carbonyl (C=O) groups excluding carboxylic acids is 2. The van der Waals surface area contributed by atoms with E-state index in [4.69, 9.17) is 5.73 Å². The zero-order valence-corrected chi connectivity index (χ0v) is 15.9. The third-order valence-electron chi connectivity index (χ3n) is 3.73. The van der Waals surface area contributed by atoms with Crippen molar-refractivity contribution >= 4 is 39.5 Å². The van der Waals surface area contributed by atoms with E-state index in [1.165, 1.54) is 11.8 Å². The van der Waals surface area contributed by atoms with Crippen molar-refractivity contribution in [2.24, 2.45) is 5.73 Å². The van der Waals surface area contributed by atoms with Crippen LogP contribution in [0.2, 0.25) is 0 Å². The summed E-state index contributed by atoms with van der Waals surface area (Å²) in [6, 6.07) is 14.9. The molecule has 0 aromatic heterocycles. The SMILES string of the molecule is Cc1cc(Br)ccc1SCC(=O)N[C@@](C)(C(N)=O)c1ccccc1. The number of aryl methyl sites for hydroxylation is 1. The fourth-order valence-corrected chi connectivity index (χ4v) is 3.57. The number of thioether (sulfide) groups is 1. The molecule has 0 heterocycles. The van der Waals surface area contributed by atoms with Gasteiger partial charge in [0, 0.05) is 9.37 Å². The number of hydrogen-bond acceptors (Lipinski definition) is 3. The molecule has 6 heteroatoms. The van der Waals surface area contributed by atoms with E-state index in [0.29, 0.717) is 5.56 Å². The fraction of sp³-hybridized carbons (Fsp3) is 0.222. The highest BCUT2D eigenvalue weighted by atomic mass is 79.9. The Balaban J connectivity index is 2.08. The van der Waals surface area contributed by atoms with Crippen LogP contribution in [0.3, 0.4) is 0 Å². The van der Waals surface area contributed by atoms with Gasteiger partial charge in [-0.1, -0.05) is 46.3 Å². The second-order valence-electron chi connectivity index (χ2n) is 5.60. The Labute approximate surface area is 154 Å². The Morgan fingerprint density at radius 2 is 1.88 bits per heavy atom. The lowest BCUT2D eigenvalue weighted by Gasteiger charge is -2.28. The van der Waals surface area contributed by atoms with Crippen molar-refractivity contribution in [3.8, 4) is 0 Å². The van der Waals surface area contributed by atoms with Crippen LogP contribution in [0.1, 0.15) is 18.1 Å². The van der Waals surface area contributed by atoms with Gasteiger partial charge in [0.1, 0.15) is 5.54 Å². The summed E-state index contributed by atoms with van der Waals surface area (Å²) in [7, 11) is 0. The maximum absolute atomic E-state index is 12.3. The average molecular weight is 407 g/mol. The summed E-state index contributed by atoms with van der Waals surface area (Å²) in [4.78, 5) is 25.3. The molecule has 0 spiro atoms. The smallest absolute Gasteiger partial charge is 0.247 e. The predicted molar refractivity (Wildman–Crippen MR) is 101 cm³/mol. The van der Waals surface area contributed by atoms with Gasteiger partial charge in [0.05, 0.1) is 5.75 Å². The number of nitrogens with one attached hydrogen (secondary N) is 1. The van der Waals surface area contributed by atoms with E-state index in [1.54, 1.807) is 19.1 Å². The van der Waals surface area contributed by atoms with E-state index < -0.39 is 11.4 Å². The highest BCUT2D eigenvalue weighted by molar-refractivity contribution is 9.10. The molecule has 24 heavy (non-hydrogen) atoms. The van der Waals surface area contributed by atoms with E-state index in [2.05, 4.69) is 21.2 Å². The summed E-state index contributed by atoms with van der Waals surface area (Å²) in [5.41, 5.74) is 6.05. The quantitative estimate of drug-likeness (QED) is 0.722. The Bertz CT molecular complexity index is 752. The third-order valence-corrected chi connectivity index (χ3v) is 5.40. The lowest BCUT2D eigenvalue weighted by Crippen LogP contribution is -2.53. The molecule has 3 N–H and O–H groups in total. The lowest BCUT2D eigenvalue weighted by atomic mass is 9.91. The standard InChI is InChI=1S/C18H19BrN2O2S/c1-12-10-14(19)8-9-15(12)24-11-16(22)21-18(2,17(20)23)13-6-4-3-5-7-13/h3-10H,11H2,1-2H3,(H2,20,23)(H,21,22)/t18-/m1/s1. The van der Waals surface area contributed by atoms with E-state index in [9.17, 15) is 9.59 Å². The van der Waals surface area contributed by atoms with Crippen LogP contribution in [0.25, 0.3) is 0 Å². The van der Waals surface area contributed by atoms with Crippen molar-refractivity contribution in [2.75, 3.05) is 5.75 Å². The zero-order valence-electron chi connectivity index (χ0n) is 13.5. The van der Waals surface area contributed by atoms with Crippen LogP contribution < -0.4 is 11.1 Å². The highest BCUT2D eigenvalue weighted by Crippen LogP contribution is 2.26. The molecular formula is C18H19BrN2O2S. The molecule has 2 aromatic carbocycles. The molecule has 0 aliphatic rings. The molecule has 2 amide bonds. The maximum atomic E-state index is 12.3. The molecule has 2 aromatic rings. The Kier molecular flexibility index (Phi) is 6.07. The molecular weight excluding hydrogens is 388 g/mol. The van der Waals surface area contributed by atoms with Crippen LogP contribution in [0.4, 0.5) is 0 Å². The molecule has 0 aliphatic heterocycles. The number of rotatable bonds is 6. The van der Waals surface area contributed by atoms with Crippen molar-refractivity contribution in [3.05, 3.63) is 64.1 Å². The minimum absolute atomic E-state index is 0.207. The van der Waals surface area contributed by atoms with Crippen LogP contribution in [-0.4, -0.2) is 17.6 Å². The van der Waals surface area contributed by atoms with Gasteiger partial charge in [0.25, 0.3) is 0 Å². The summed E-state index contributed by atoms with van der Waals surface area (Å²) in [5.74, 6) is -0.627. The molecule has 0 aliphatic carbocycles. The average Bonchev–Trinajstić information content (AvgIpc) is 2.54. The Morgan fingerprint density at radius 1 is 1.21 bits per heavy atom. The molecule has 0 unspecified atom stereocenters. The van der Waals surface area contributed by atoms with E-state index in [-0.39, 0.29) is 11.7 Å². The first kappa shape index (κ1) is 18.5. The number of carbonyl (C=O) groups is 2. The monoisotopic (exact) mass is 406 g/mol. The van der Waals surface area contributed by atoms with Crippen molar-refractivity contribution in [3.63, 3.8) is 0 Å². The molecule has 0 fully saturated rings. The van der Waals surface area contributed by atoms with Gasteiger partial charge in [-0.3, -0.25) is 9.59 Å². The Hall–Kier alpha value is -1.79. The molecule has 126 valence electrons. The first-order valence-corrected chi connectivity index (χ1v) is 9.16. The Morgan fingerprint density at radius 3 is 2.46 bits per heavy atom. The van der Waals surface area contributed by atoms with Crippen molar-refractivity contribution in [1.29, 1.82) is 0 Å². The number of primary amides is 1. The number of amides is 2. The summed E-state index contributed by atoms with van der Waals surface area (Å²) >= 11 is 4.84. The van der Waals surface area contributed by atoms with Gasteiger partial charge in [0.15, 0.2) is 0 Å². The van der Waals surface area contributed by atoms with Gasteiger partial charge in [-0.25, -0.2) is 0 Å². The van der Waals surface area contributed by atoms with Crippen molar-refractivity contribution < 1.29 is 9.59 Å². The number of halogens is 1. The number of benzene rings is 2. The first-order chi connectivity index (χ1) is 11.3. The minimum Gasteiger partial charge on any atom is -0.367 e. The van der Waals surface area contributed by atoms with Crippen LogP contribution in [-0.2, 0) is 15.1 Å². The third kappa shape index (κ3) is 4.39. The van der Waals surface area contributed by atoms with Gasteiger partial charge in [-0.05, 0) is 43.2 Å². The molecule has 0 saturated carbocycles. The lowest BCUT2D eigenvalue weighted by molar-refractivity contribution is -0.130. The van der Waals surface area contributed by atoms with Crippen LogP contribution in [0.5, 0.6) is 0 Å². The fourth-order valence-electron chi connectivity index (χ4n) is 2.28. The molecule has 2 rings (SSSR count). The second kappa shape index (κ2) is 7.85. The van der Waals surface area contributed by atoms with Crippen LogP contribution in [0.15, 0.2) is 57.9 Å².